The molecule has 2 saturated heterocycles. The summed E-state index contributed by atoms with van der Waals surface area (Å²) in [4.78, 5) is 4.06. The third-order valence-corrected chi connectivity index (χ3v) is 4.94. The molecule has 2 aliphatic rings. The Hall–Kier alpha value is -1.76. The Morgan fingerprint density at radius 3 is 2.50 bits per heavy atom. The van der Waals surface area contributed by atoms with Gasteiger partial charge in [-0.05, 0) is 32.3 Å². The van der Waals surface area contributed by atoms with Crippen LogP contribution in [0, 0.1) is 17.5 Å². The number of nitrogens with one attached hydrogen (secondary N) is 1. The third kappa shape index (κ3) is 5.10. The number of halogens is 3. The van der Waals surface area contributed by atoms with E-state index in [0.29, 0.717) is 13.0 Å². The van der Waals surface area contributed by atoms with Crippen molar-refractivity contribution in [2.24, 2.45) is 4.99 Å². The second-order valence-electron chi connectivity index (χ2n) is 7.01. The van der Waals surface area contributed by atoms with Crippen LogP contribution in [0.2, 0.25) is 0 Å². The molecular formula is C19H25F3N2O6. The van der Waals surface area contributed by atoms with E-state index < -0.39 is 60.2 Å². The molecule has 3 rings (SSSR count). The number of aliphatic imine (C=N–C) groups is 1. The van der Waals surface area contributed by atoms with E-state index in [4.69, 9.17) is 18.9 Å². The highest BCUT2D eigenvalue weighted by Crippen LogP contribution is 2.30. The lowest BCUT2D eigenvalue weighted by atomic mass is 10.1. The Bertz CT molecular complexity index is 754. The number of hydrogen-bond donors (Lipinski definition) is 3. The predicted octanol–water partition coefficient (Wildman–Crippen LogP) is 2.17. The molecule has 8 nitrogen and oxygen atoms in total. The molecule has 2 aliphatic heterocycles. The van der Waals surface area contributed by atoms with E-state index in [2.05, 4.69) is 4.99 Å². The maximum Gasteiger partial charge on any atom is 0.195 e. The fourth-order valence-corrected chi connectivity index (χ4v) is 3.27. The summed E-state index contributed by atoms with van der Waals surface area (Å²) in [5.41, 5.74) is 0.767. The van der Waals surface area contributed by atoms with Crippen molar-refractivity contribution in [3.63, 3.8) is 0 Å². The first-order valence-electron chi connectivity index (χ1n) is 9.73. The normalized spacial score (nSPS) is 22.9. The van der Waals surface area contributed by atoms with Crippen molar-refractivity contribution in [1.29, 1.82) is 0 Å². The minimum Gasteiger partial charge on any atom is -0.394 e. The van der Waals surface area contributed by atoms with Gasteiger partial charge in [0, 0.05) is 12.2 Å². The van der Waals surface area contributed by atoms with E-state index in [1.165, 1.54) is 0 Å². The third-order valence-electron chi connectivity index (χ3n) is 4.94. The number of aliphatic hydroxyl groups excluding tert-OH is 1. The first-order chi connectivity index (χ1) is 14.5. The Labute approximate surface area is 171 Å². The van der Waals surface area contributed by atoms with Crippen molar-refractivity contribution in [1.82, 2.24) is 5.48 Å². The molecule has 0 saturated carbocycles. The molecule has 0 radical (unpaired) electrons. The number of hydroxylamine groups is 1. The molecule has 1 unspecified atom stereocenters. The molecule has 1 aromatic rings. The fourth-order valence-electron chi connectivity index (χ4n) is 3.27. The van der Waals surface area contributed by atoms with Gasteiger partial charge in [-0.1, -0.05) is 0 Å². The van der Waals surface area contributed by atoms with E-state index in [-0.39, 0.29) is 18.8 Å². The van der Waals surface area contributed by atoms with Gasteiger partial charge in [-0.25, -0.2) is 13.2 Å². The first-order valence-corrected chi connectivity index (χ1v) is 9.73. The van der Waals surface area contributed by atoms with Crippen molar-refractivity contribution in [3.05, 3.63) is 34.6 Å². The maximum absolute atomic E-state index is 14.5. The van der Waals surface area contributed by atoms with Crippen molar-refractivity contribution in [3.8, 4) is 0 Å². The molecule has 0 bridgehead atoms. The van der Waals surface area contributed by atoms with Crippen molar-refractivity contribution in [2.75, 3.05) is 26.4 Å². The lowest BCUT2D eigenvalue weighted by Crippen LogP contribution is -2.36. The number of benzene rings is 1. The number of nitrogens with zero attached hydrogens (tertiary/aromatic N) is 1. The Morgan fingerprint density at radius 2 is 1.90 bits per heavy atom. The van der Waals surface area contributed by atoms with Crippen molar-refractivity contribution >= 4 is 5.84 Å². The van der Waals surface area contributed by atoms with Gasteiger partial charge in [0.2, 0.25) is 0 Å². The van der Waals surface area contributed by atoms with Crippen LogP contribution in [0.1, 0.15) is 43.6 Å². The van der Waals surface area contributed by atoms with Gasteiger partial charge in [0.05, 0.1) is 31.5 Å². The Morgan fingerprint density at radius 1 is 1.17 bits per heavy atom. The zero-order valence-electron chi connectivity index (χ0n) is 16.4. The number of rotatable bonds is 7. The summed E-state index contributed by atoms with van der Waals surface area (Å²) in [6, 6.07) is -0.00386. The highest BCUT2D eigenvalue weighted by Gasteiger charge is 2.30. The first kappa shape index (κ1) is 22.9. The van der Waals surface area contributed by atoms with Crippen LogP contribution >= 0.6 is 0 Å². The minimum atomic E-state index is -1.76. The SMILES string of the molecule is C[C@@H](OC1CCCCO1)[C@@H](CO)N=C(NO)c1cc(C2OCCO2)c(F)c(F)c1F. The van der Waals surface area contributed by atoms with Crippen LogP contribution < -0.4 is 5.48 Å². The van der Waals surface area contributed by atoms with Crippen LogP contribution in [0.3, 0.4) is 0 Å². The van der Waals surface area contributed by atoms with Gasteiger partial charge in [0.1, 0.15) is 6.04 Å². The molecule has 0 aliphatic carbocycles. The van der Waals surface area contributed by atoms with Crippen LogP contribution in [-0.4, -0.2) is 61.0 Å². The average molecular weight is 434 g/mol. The van der Waals surface area contributed by atoms with E-state index >= 15 is 0 Å². The maximum atomic E-state index is 14.5. The second-order valence-corrected chi connectivity index (χ2v) is 7.01. The summed E-state index contributed by atoms with van der Waals surface area (Å²) < 4.78 is 64.4. The van der Waals surface area contributed by atoms with Gasteiger partial charge >= 0.3 is 0 Å². The number of hydrogen-bond acceptors (Lipinski definition) is 7. The molecule has 11 heteroatoms. The summed E-state index contributed by atoms with van der Waals surface area (Å²) in [5, 5.41) is 19.2. The molecule has 2 fully saturated rings. The average Bonchev–Trinajstić information content (AvgIpc) is 3.29. The molecule has 1 aromatic carbocycles. The number of ether oxygens (including phenoxy) is 4. The quantitative estimate of drug-likeness (QED) is 0.262. The van der Waals surface area contributed by atoms with Gasteiger partial charge < -0.3 is 24.1 Å². The zero-order chi connectivity index (χ0) is 21.7. The van der Waals surface area contributed by atoms with E-state index in [9.17, 15) is 23.5 Å². The number of aliphatic hydroxyl groups is 1. The largest absolute Gasteiger partial charge is 0.394 e. The molecule has 3 atom stereocenters. The summed E-state index contributed by atoms with van der Waals surface area (Å²) >= 11 is 0. The van der Waals surface area contributed by atoms with Crippen LogP contribution in [0.15, 0.2) is 11.1 Å². The minimum absolute atomic E-state index is 0.169. The number of amidine groups is 1. The fraction of sp³-hybridized carbons (Fsp3) is 0.632. The molecular weight excluding hydrogens is 409 g/mol. The van der Waals surface area contributed by atoms with Gasteiger partial charge in [-0.2, -0.15) is 0 Å². The predicted molar refractivity (Wildman–Crippen MR) is 97.4 cm³/mol. The zero-order valence-corrected chi connectivity index (χ0v) is 16.4. The topological polar surface area (TPSA) is 102 Å². The molecule has 0 aromatic heterocycles. The van der Waals surface area contributed by atoms with Crippen LogP contribution in [-0.2, 0) is 18.9 Å². The van der Waals surface area contributed by atoms with Gasteiger partial charge in [-0.15, -0.1) is 0 Å². The molecule has 3 N–H and O–H groups in total. The Balaban J connectivity index is 1.87. The molecule has 0 amide bonds. The molecule has 2 heterocycles. The second kappa shape index (κ2) is 10.5. The lowest BCUT2D eigenvalue weighted by molar-refractivity contribution is -0.189. The van der Waals surface area contributed by atoms with E-state index in [0.717, 1.165) is 18.9 Å². The van der Waals surface area contributed by atoms with Crippen molar-refractivity contribution in [2.45, 2.75) is 50.9 Å². The van der Waals surface area contributed by atoms with Crippen LogP contribution in [0.5, 0.6) is 0 Å². The summed E-state index contributed by atoms with van der Waals surface area (Å²) in [7, 11) is 0. The summed E-state index contributed by atoms with van der Waals surface area (Å²) in [6.45, 7) is 2.02. The monoisotopic (exact) mass is 434 g/mol. The standard InChI is InChI=1S/C19H25F3N2O6/c1-10(30-14-4-2-3-5-27-14)13(9-25)23-18(24-26)11-8-12(19-28-6-7-29-19)16(21)17(22)15(11)20/h8,10,13-14,19,25-26H,2-7,9H2,1H3,(H,23,24)/t10-,13-,14?/m1/s1. The summed E-state index contributed by atoms with van der Waals surface area (Å²) in [6.07, 6.45) is 0.198. The molecule has 0 spiro atoms. The highest BCUT2D eigenvalue weighted by atomic mass is 19.2. The lowest BCUT2D eigenvalue weighted by Gasteiger charge is -2.28. The van der Waals surface area contributed by atoms with Gasteiger partial charge in [-0.3, -0.25) is 15.7 Å². The summed E-state index contributed by atoms with van der Waals surface area (Å²) in [5.74, 6) is -5.28. The Kier molecular flexibility index (Phi) is 8.03. The van der Waals surface area contributed by atoms with Crippen LogP contribution in [0.25, 0.3) is 0 Å². The van der Waals surface area contributed by atoms with Crippen molar-refractivity contribution < 1.29 is 42.4 Å². The highest BCUT2D eigenvalue weighted by molar-refractivity contribution is 5.98. The van der Waals surface area contributed by atoms with E-state index in [1.54, 1.807) is 12.4 Å². The van der Waals surface area contributed by atoms with Gasteiger partial charge in [0.25, 0.3) is 0 Å². The molecule has 168 valence electrons. The van der Waals surface area contributed by atoms with Gasteiger partial charge in [0.15, 0.2) is 35.9 Å². The smallest absolute Gasteiger partial charge is 0.195 e. The van der Waals surface area contributed by atoms with Crippen LogP contribution in [0.4, 0.5) is 13.2 Å². The molecule has 30 heavy (non-hydrogen) atoms. The van der Waals surface area contributed by atoms with E-state index in [1.807, 2.05) is 0 Å².